The van der Waals surface area contributed by atoms with E-state index in [-0.39, 0.29) is 17.6 Å². The summed E-state index contributed by atoms with van der Waals surface area (Å²) in [6, 6.07) is 16.5. The summed E-state index contributed by atoms with van der Waals surface area (Å²) in [4.78, 5) is 23.0. The first-order valence-corrected chi connectivity index (χ1v) is 10.3. The molecule has 0 spiro atoms. The van der Waals surface area contributed by atoms with Gasteiger partial charge in [-0.2, -0.15) is 0 Å². The number of halogens is 1. The lowest BCUT2D eigenvalue weighted by Gasteiger charge is -2.31. The number of hydrogen-bond acceptors (Lipinski definition) is 4. The summed E-state index contributed by atoms with van der Waals surface area (Å²) in [5.41, 5.74) is 9.15. The van der Waals surface area contributed by atoms with Crippen molar-refractivity contribution in [3.63, 3.8) is 0 Å². The highest BCUT2D eigenvalue weighted by Crippen LogP contribution is 2.37. The summed E-state index contributed by atoms with van der Waals surface area (Å²) in [6.45, 7) is 1.41. The first-order chi connectivity index (χ1) is 15.1. The Kier molecular flexibility index (Phi) is 4.86. The van der Waals surface area contributed by atoms with Crippen molar-refractivity contribution in [3.05, 3.63) is 72.9 Å². The Bertz CT molecular complexity index is 1230. The fourth-order valence-electron chi connectivity index (χ4n) is 4.30. The Morgan fingerprint density at radius 3 is 2.39 bits per heavy atom. The van der Waals surface area contributed by atoms with Crippen LogP contribution in [0.4, 0.5) is 10.2 Å². The topological polar surface area (TPSA) is 77.0 Å². The van der Waals surface area contributed by atoms with Crippen molar-refractivity contribution in [2.24, 2.45) is 11.7 Å². The minimum atomic E-state index is -0.281. The molecule has 2 aromatic carbocycles. The fraction of sp³-hybridized carbons (Fsp3) is 0.208. The molecule has 0 unspecified atom stereocenters. The summed E-state index contributed by atoms with van der Waals surface area (Å²) in [5.74, 6) is 0.231. The fourth-order valence-corrected chi connectivity index (χ4v) is 4.30. The second kappa shape index (κ2) is 7.83. The van der Waals surface area contributed by atoms with E-state index in [9.17, 15) is 9.18 Å². The van der Waals surface area contributed by atoms with Gasteiger partial charge in [-0.15, -0.1) is 0 Å². The molecule has 1 fully saturated rings. The van der Waals surface area contributed by atoms with Gasteiger partial charge in [-0.25, -0.2) is 14.4 Å². The third kappa shape index (κ3) is 3.52. The summed E-state index contributed by atoms with van der Waals surface area (Å²) < 4.78 is 15.5. The van der Waals surface area contributed by atoms with E-state index in [1.54, 1.807) is 18.5 Å². The first-order valence-electron chi connectivity index (χ1n) is 10.3. The smallest absolute Gasteiger partial charge is 0.220 e. The number of carbonyl (C=O) groups excluding carboxylic acids is 1. The summed E-state index contributed by atoms with van der Waals surface area (Å²) in [5, 5.41) is 0.940. The van der Waals surface area contributed by atoms with Gasteiger partial charge in [0.2, 0.25) is 5.91 Å². The van der Waals surface area contributed by atoms with Crippen LogP contribution in [0.3, 0.4) is 0 Å². The van der Waals surface area contributed by atoms with Gasteiger partial charge >= 0.3 is 0 Å². The number of piperidine rings is 1. The van der Waals surface area contributed by atoms with E-state index in [1.807, 2.05) is 29.0 Å². The second-order valence-electron chi connectivity index (χ2n) is 7.81. The first kappa shape index (κ1) is 19.2. The van der Waals surface area contributed by atoms with Crippen molar-refractivity contribution in [3.8, 4) is 16.8 Å². The number of nitrogens with two attached hydrogens (primary N) is 1. The second-order valence-corrected chi connectivity index (χ2v) is 7.81. The van der Waals surface area contributed by atoms with Gasteiger partial charge in [0.25, 0.3) is 0 Å². The van der Waals surface area contributed by atoms with Crippen LogP contribution >= 0.6 is 0 Å². The molecule has 2 aromatic heterocycles. The van der Waals surface area contributed by atoms with Gasteiger partial charge in [0.15, 0.2) is 5.65 Å². The van der Waals surface area contributed by atoms with E-state index in [0.29, 0.717) is 25.9 Å². The number of nitrogens with zero attached hydrogens (tertiary/aromatic N) is 4. The van der Waals surface area contributed by atoms with Crippen LogP contribution in [0.5, 0.6) is 0 Å². The van der Waals surface area contributed by atoms with Gasteiger partial charge in [-0.05, 0) is 42.7 Å². The average Bonchev–Trinajstić information content (AvgIpc) is 3.20. The lowest BCUT2D eigenvalue weighted by Crippen LogP contribution is -2.39. The van der Waals surface area contributed by atoms with Gasteiger partial charge in [0.1, 0.15) is 18.0 Å². The summed E-state index contributed by atoms with van der Waals surface area (Å²) in [7, 11) is 0. The Morgan fingerprint density at radius 2 is 1.71 bits per heavy atom. The van der Waals surface area contributed by atoms with E-state index >= 15 is 0 Å². The molecular formula is C24H22FN5O. The molecule has 2 N–H and O–H groups in total. The van der Waals surface area contributed by atoms with E-state index in [4.69, 9.17) is 5.73 Å². The maximum absolute atomic E-state index is 13.5. The molecule has 1 amide bonds. The summed E-state index contributed by atoms with van der Waals surface area (Å²) >= 11 is 0. The van der Waals surface area contributed by atoms with E-state index in [1.165, 1.54) is 12.1 Å². The van der Waals surface area contributed by atoms with Crippen LogP contribution in [0.2, 0.25) is 0 Å². The predicted octanol–water partition coefficient (Wildman–Crippen LogP) is 3.93. The normalized spacial score (nSPS) is 14.8. The maximum Gasteiger partial charge on any atom is 0.220 e. The maximum atomic E-state index is 13.5. The number of hydrogen-bond donors (Lipinski definition) is 1. The van der Waals surface area contributed by atoms with Crippen LogP contribution in [0.15, 0.2) is 67.1 Å². The number of amides is 1. The third-order valence-electron chi connectivity index (χ3n) is 5.95. The van der Waals surface area contributed by atoms with Crippen LogP contribution in [-0.4, -0.2) is 33.5 Å². The molecule has 156 valence electrons. The van der Waals surface area contributed by atoms with Crippen molar-refractivity contribution in [1.29, 1.82) is 0 Å². The molecular weight excluding hydrogens is 393 g/mol. The highest BCUT2D eigenvalue weighted by Gasteiger charge is 2.27. The molecule has 31 heavy (non-hydrogen) atoms. The lowest BCUT2D eigenvalue weighted by atomic mass is 9.96. The monoisotopic (exact) mass is 415 g/mol. The Labute approximate surface area is 179 Å². The van der Waals surface area contributed by atoms with Gasteiger partial charge < -0.3 is 15.2 Å². The molecule has 5 rings (SSSR count). The number of anilines is 1. The number of carbonyl (C=O) groups is 1. The number of rotatable bonds is 4. The number of benzene rings is 2. The zero-order valence-electron chi connectivity index (χ0n) is 16.9. The van der Waals surface area contributed by atoms with Gasteiger partial charge in [-0.3, -0.25) is 4.79 Å². The largest absolute Gasteiger partial charge is 0.369 e. The Hall–Kier alpha value is -3.74. The van der Waals surface area contributed by atoms with Crippen molar-refractivity contribution < 1.29 is 9.18 Å². The van der Waals surface area contributed by atoms with E-state index in [2.05, 4.69) is 27.0 Å². The molecule has 4 aromatic rings. The standard InChI is InChI=1S/C24H22FN5O/c25-18-6-8-19(9-7-18)30-14-20(16-4-2-1-3-5-16)21-23(27-15-28-24(21)30)29-12-10-17(11-13-29)22(26)31/h1-9,14-15,17H,10-13H2,(H2,26,31). The zero-order valence-corrected chi connectivity index (χ0v) is 16.9. The third-order valence-corrected chi connectivity index (χ3v) is 5.95. The molecule has 0 radical (unpaired) electrons. The molecule has 0 atom stereocenters. The average molecular weight is 415 g/mol. The number of primary amides is 1. The minimum absolute atomic E-state index is 0.0917. The van der Waals surface area contributed by atoms with Crippen molar-refractivity contribution in [1.82, 2.24) is 14.5 Å². The number of aromatic nitrogens is 3. The molecule has 3 heterocycles. The van der Waals surface area contributed by atoms with Crippen molar-refractivity contribution >= 4 is 22.8 Å². The predicted molar refractivity (Wildman–Crippen MR) is 118 cm³/mol. The highest BCUT2D eigenvalue weighted by molar-refractivity contribution is 6.02. The van der Waals surface area contributed by atoms with E-state index < -0.39 is 0 Å². The molecule has 1 aliphatic rings. The van der Waals surface area contributed by atoms with Crippen LogP contribution in [0.1, 0.15) is 12.8 Å². The Morgan fingerprint density at radius 1 is 1.00 bits per heavy atom. The lowest BCUT2D eigenvalue weighted by molar-refractivity contribution is -0.122. The van der Waals surface area contributed by atoms with Crippen LogP contribution in [0.25, 0.3) is 27.8 Å². The molecule has 1 aliphatic heterocycles. The highest BCUT2D eigenvalue weighted by atomic mass is 19.1. The van der Waals surface area contributed by atoms with Gasteiger partial charge in [0, 0.05) is 36.5 Å². The SMILES string of the molecule is NC(=O)C1CCN(c2ncnc3c2c(-c2ccccc2)cn3-c2ccc(F)cc2)CC1. The van der Waals surface area contributed by atoms with Gasteiger partial charge in [-0.1, -0.05) is 30.3 Å². The molecule has 7 heteroatoms. The summed E-state index contributed by atoms with van der Waals surface area (Å²) in [6.07, 6.45) is 5.01. The molecule has 0 aliphatic carbocycles. The van der Waals surface area contributed by atoms with Crippen LogP contribution < -0.4 is 10.6 Å². The van der Waals surface area contributed by atoms with E-state index in [0.717, 1.165) is 33.7 Å². The van der Waals surface area contributed by atoms with Crippen LogP contribution in [-0.2, 0) is 4.79 Å². The van der Waals surface area contributed by atoms with Crippen LogP contribution in [0, 0.1) is 11.7 Å². The van der Waals surface area contributed by atoms with Crippen molar-refractivity contribution in [2.75, 3.05) is 18.0 Å². The molecule has 0 bridgehead atoms. The minimum Gasteiger partial charge on any atom is -0.369 e. The molecule has 6 nitrogen and oxygen atoms in total. The zero-order chi connectivity index (χ0) is 21.4. The van der Waals surface area contributed by atoms with Gasteiger partial charge in [0.05, 0.1) is 5.39 Å². The molecule has 0 saturated carbocycles. The van der Waals surface area contributed by atoms with Crippen molar-refractivity contribution in [2.45, 2.75) is 12.8 Å². The number of fused-ring (bicyclic) bond motifs is 1. The Balaban J connectivity index is 1.67. The molecule has 1 saturated heterocycles. The quantitative estimate of drug-likeness (QED) is 0.548.